The molecule has 5 heteroatoms. The van der Waals surface area contributed by atoms with Crippen LogP contribution in [0.4, 0.5) is 5.69 Å². The van der Waals surface area contributed by atoms with Crippen LogP contribution >= 0.6 is 0 Å². The summed E-state index contributed by atoms with van der Waals surface area (Å²) in [6.07, 6.45) is 1.14. The first-order valence-corrected chi connectivity index (χ1v) is 7.36. The predicted molar refractivity (Wildman–Crippen MR) is 86.0 cm³/mol. The van der Waals surface area contributed by atoms with Crippen LogP contribution in [-0.2, 0) is 0 Å². The molecule has 0 unspecified atom stereocenters. The number of aromatic amines is 1. The maximum Gasteiger partial charge on any atom is 0.250 e. The molecule has 2 aromatic rings. The molecule has 0 radical (unpaired) electrons. The van der Waals surface area contributed by atoms with Crippen LogP contribution < -0.4 is 16.0 Å². The molecule has 1 fully saturated rings. The highest BCUT2D eigenvalue weighted by Crippen LogP contribution is 2.34. The average molecular weight is 286 g/mol. The number of H-pyrrole nitrogens is 1. The van der Waals surface area contributed by atoms with Crippen LogP contribution in [0.2, 0.25) is 0 Å². The van der Waals surface area contributed by atoms with Crippen molar-refractivity contribution in [1.82, 2.24) is 10.3 Å². The number of carbonyl (C=O) groups is 1. The van der Waals surface area contributed by atoms with Crippen LogP contribution in [0.15, 0.2) is 12.1 Å². The van der Waals surface area contributed by atoms with Gasteiger partial charge in [0.25, 0.3) is 5.91 Å². The van der Waals surface area contributed by atoms with Gasteiger partial charge in [-0.05, 0) is 44.5 Å². The fourth-order valence-electron chi connectivity index (χ4n) is 3.24. The Morgan fingerprint density at radius 1 is 1.38 bits per heavy atom. The van der Waals surface area contributed by atoms with Crippen molar-refractivity contribution < 1.29 is 4.79 Å². The summed E-state index contributed by atoms with van der Waals surface area (Å²) in [5.74, 6) is -0.391. The van der Waals surface area contributed by atoms with Gasteiger partial charge in [0.2, 0.25) is 0 Å². The highest BCUT2D eigenvalue weighted by Gasteiger charge is 2.23. The van der Waals surface area contributed by atoms with Crippen molar-refractivity contribution in [3.05, 3.63) is 29.0 Å². The number of nitrogens with zero attached hydrogens (tertiary/aromatic N) is 1. The maximum atomic E-state index is 11.7. The number of primary amides is 1. The van der Waals surface area contributed by atoms with Gasteiger partial charge < -0.3 is 20.9 Å². The van der Waals surface area contributed by atoms with Crippen molar-refractivity contribution >= 4 is 22.5 Å². The highest BCUT2D eigenvalue weighted by atomic mass is 16.1. The average Bonchev–Trinajstić information content (AvgIpc) is 3.07. The Morgan fingerprint density at radius 3 is 2.76 bits per heavy atom. The Hall–Kier alpha value is -2.01. The fourth-order valence-corrected chi connectivity index (χ4v) is 3.24. The minimum atomic E-state index is -0.391. The number of hydrogen-bond acceptors (Lipinski definition) is 3. The van der Waals surface area contributed by atoms with Gasteiger partial charge >= 0.3 is 0 Å². The zero-order valence-electron chi connectivity index (χ0n) is 12.8. The SMILES string of the molecule is Cc1[nH]c2c(C(N)=O)ccc(N(C)[C@@H]3CCNC3)c2c1C. The van der Waals surface area contributed by atoms with E-state index < -0.39 is 5.91 Å². The quantitative estimate of drug-likeness (QED) is 0.803. The number of hydrogen-bond donors (Lipinski definition) is 3. The van der Waals surface area contributed by atoms with Gasteiger partial charge in [-0.25, -0.2) is 0 Å². The first kappa shape index (κ1) is 13.9. The number of aryl methyl sites for hydroxylation is 2. The Bertz CT molecular complexity index is 698. The lowest BCUT2D eigenvalue weighted by Crippen LogP contribution is -2.33. The lowest BCUT2D eigenvalue weighted by Gasteiger charge is -2.27. The molecule has 5 nitrogen and oxygen atoms in total. The number of nitrogens with one attached hydrogen (secondary N) is 2. The summed E-state index contributed by atoms with van der Waals surface area (Å²) in [6.45, 7) is 6.17. The molecule has 0 saturated carbocycles. The van der Waals surface area contributed by atoms with E-state index in [1.54, 1.807) is 0 Å². The summed E-state index contributed by atoms with van der Waals surface area (Å²) in [5, 5.41) is 4.51. The molecule has 1 aromatic heterocycles. The Kier molecular flexibility index (Phi) is 3.37. The number of anilines is 1. The number of nitrogens with two attached hydrogens (primary N) is 1. The third-order valence-corrected chi connectivity index (χ3v) is 4.66. The zero-order valence-corrected chi connectivity index (χ0v) is 12.8. The van der Waals surface area contributed by atoms with Gasteiger partial charge in [-0.2, -0.15) is 0 Å². The van der Waals surface area contributed by atoms with E-state index in [4.69, 9.17) is 5.73 Å². The second kappa shape index (κ2) is 5.07. The maximum absolute atomic E-state index is 11.7. The first-order valence-electron chi connectivity index (χ1n) is 7.36. The molecule has 1 amide bonds. The molecule has 3 rings (SSSR count). The van der Waals surface area contributed by atoms with Crippen molar-refractivity contribution in [2.75, 3.05) is 25.0 Å². The zero-order chi connectivity index (χ0) is 15.1. The Morgan fingerprint density at radius 2 is 2.14 bits per heavy atom. The van der Waals surface area contributed by atoms with E-state index >= 15 is 0 Å². The Balaban J connectivity index is 2.19. The van der Waals surface area contributed by atoms with Crippen LogP contribution in [0.1, 0.15) is 28.0 Å². The molecule has 1 aliphatic rings. The van der Waals surface area contributed by atoms with E-state index in [2.05, 4.69) is 29.2 Å². The van der Waals surface area contributed by atoms with Crippen LogP contribution in [0.5, 0.6) is 0 Å². The molecule has 1 atom stereocenters. The molecular formula is C16H22N4O. The standard InChI is InChI=1S/C16H22N4O/c1-9-10(2)19-15-12(16(17)21)4-5-13(14(9)15)20(3)11-6-7-18-8-11/h4-5,11,18-19H,6-8H2,1-3H3,(H2,17,21)/t11-/m1/s1. The van der Waals surface area contributed by atoms with Crippen LogP contribution in [0.25, 0.3) is 10.9 Å². The van der Waals surface area contributed by atoms with E-state index in [1.807, 2.05) is 19.1 Å². The van der Waals surface area contributed by atoms with Crippen molar-refractivity contribution in [1.29, 1.82) is 0 Å². The van der Waals surface area contributed by atoms with Crippen LogP contribution in [0, 0.1) is 13.8 Å². The molecule has 112 valence electrons. The highest BCUT2D eigenvalue weighted by molar-refractivity contribution is 6.10. The predicted octanol–water partition coefficient (Wildman–Crippen LogP) is 1.68. The summed E-state index contributed by atoms with van der Waals surface area (Å²) >= 11 is 0. The van der Waals surface area contributed by atoms with E-state index in [1.165, 1.54) is 5.56 Å². The van der Waals surface area contributed by atoms with Crippen LogP contribution in [-0.4, -0.2) is 37.1 Å². The van der Waals surface area contributed by atoms with E-state index in [-0.39, 0.29) is 0 Å². The van der Waals surface area contributed by atoms with Gasteiger partial charge in [-0.15, -0.1) is 0 Å². The van der Waals surface area contributed by atoms with Crippen molar-refractivity contribution in [3.63, 3.8) is 0 Å². The minimum Gasteiger partial charge on any atom is -0.370 e. The molecular weight excluding hydrogens is 264 g/mol. The second-order valence-corrected chi connectivity index (χ2v) is 5.88. The lowest BCUT2D eigenvalue weighted by atomic mass is 10.0. The lowest BCUT2D eigenvalue weighted by molar-refractivity contribution is 0.100. The molecule has 21 heavy (non-hydrogen) atoms. The molecule has 0 aliphatic carbocycles. The number of rotatable bonds is 3. The topological polar surface area (TPSA) is 74.2 Å². The summed E-state index contributed by atoms with van der Waals surface area (Å²) in [7, 11) is 2.12. The third kappa shape index (κ3) is 2.17. The molecule has 0 bridgehead atoms. The number of aromatic nitrogens is 1. The van der Waals surface area contributed by atoms with Gasteiger partial charge in [-0.3, -0.25) is 4.79 Å². The number of likely N-dealkylation sites (N-methyl/N-ethyl adjacent to an activating group) is 1. The second-order valence-electron chi connectivity index (χ2n) is 5.88. The molecule has 1 saturated heterocycles. The smallest absolute Gasteiger partial charge is 0.250 e. The molecule has 4 N–H and O–H groups in total. The summed E-state index contributed by atoms with van der Waals surface area (Å²) < 4.78 is 0. The number of benzene rings is 1. The van der Waals surface area contributed by atoms with E-state index in [0.29, 0.717) is 11.6 Å². The summed E-state index contributed by atoms with van der Waals surface area (Å²) in [6, 6.07) is 4.33. The molecule has 0 spiro atoms. The van der Waals surface area contributed by atoms with Gasteiger partial charge in [-0.1, -0.05) is 0 Å². The molecule has 2 heterocycles. The first-order chi connectivity index (χ1) is 10.0. The minimum absolute atomic E-state index is 0.391. The van der Waals surface area contributed by atoms with Gasteiger partial charge in [0.15, 0.2) is 0 Å². The van der Waals surface area contributed by atoms with Gasteiger partial charge in [0.1, 0.15) is 0 Å². The fraction of sp³-hybridized carbons (Fsp3) is 0.438. The van der Waals surface area contributed by atoms with Crippen molar-refractivity contribution in [2.45, 2.75) is 26.3 Å². The normalized spacial score (nSPS) is 18.3. The van der Waals surface area contributed by atoms with Crippen LogP contribution in [0.3, 0.4) is 0 Å². The Labute approximate surface area is 124 Å². The number of fused-ring (bicyclic) bond motifs is 1. The number of amides is 1. The van der Waals surface area contributed by atoms with Crippen molar-refractivity contribution in [2.24, 2.45) is 5.73 Å². The monoisotopic (exact) mass is 286 g/mol. The number of carbonyl (C=O) groups excluding carboxylic acids is 1. The molecule has 1 aliphatic heterocycles. The van der Waals surface area contributed by atoms with E-state index in [0.717, 1.165) is 41.8 Å². The van der Waals surface area contributed by atoms with Gasteiger partial charge in [0.05, 0.1) is 11.1 Å². The third-order valence-electron chi connectivity index (χ3n) is 4.66. The molecule has 1 aromatic carbocycles. The summed E-state index contributed by atoms with van der Waals surface area (Å²) in [5.41, 5.74) is 10.3. The largest absolute Gasteiger partial charge is 0.370 e. The van der Waals surface area contributed by atoms with Crippen molar-refractivity contribution in [3.8, 4) is 0 Å². The summed E-state index contributed by atoms with van der Waals surface area (Å²) in [4.78, 5) is 17.3. The van der Waals surface area contributed by atoms with Gasteiger partial charge in [0, 0.05) is 36.4 Å². The van der Waals surface area contributed by atoms with E-state index in [9.17, 15) is 4.79 Å².